The molecule has 1 aliphatic carbocycles. The maximum absolute atomic E-state index is 6.27. The number of fused-ring (bicyclic) bond motifs is 1. The first-order valence-corrected chi connectivity index (χ1v) is 12.0. The van der Waals surface area contributed by atoms with E-state index >= 15 is 0 Å². The molecule has 4 rings (SSSR count). The molecule has 34 heavy (non-hydrogen) atoms. The smallest absolute Gasteiger partial charge is 0.188 e. The van der Waals surface area contributed by atoms with E-state index in [0.29, 0.717) is 12.5 Å². The molecule has 3 aromatic rings. The van der Waals surface area contributed by atoms with E-state index in [9.17, 15) is 0 Å². The summed E-state index contributed by atoms with van der Waals surface area (Å²) in [5, 5.41) is 0. The number of hydrogen-bond acceptors (Lipinski definition) is 4. The van der Waals surface area contributed by atoms with E-state index in [1.165, 1.54) is 50.9 Å². The van der Waals surface area contributed by atoms with Crippen LogP contribution in [0.4, 0.5) is 0 Å². The first-order chi connectivity index (χ1) is 16.5. The molecule has 0 amide bonds. The summed E-state index contributed by atoms with van der Waals surface area (Å²) in [6.07, 6.45) is 3.40. The Bertz CT molecular complexity index is 1140. The molecule has 1 aliphatic rings. The fourth-order valence-electron chi connectivity index (χ4n) is 5.15. The van der Waals surface area contributed by atoms with E-state index in [1.54, 1.807) is 7.11 Å². The van der Waals surface area contributed by atoms with Gasteiger partial charge in [-0.25, -0.2) is 0 Å². The second kappa shape index (κ2) is 10.9. The minimum absolute atomic E-state index is 0.249. The highest BCUT2D eigenvalue weighted by molar-refractivity contribution is 5.75. The van der Waals surface area contributed by atoms with Gasteiger partial charge in [-0.2, -0.15) is 0 Å². The summed E-state index contributed by atoms with van der Waals surface area (Å²) in [4.78, 5) is 4.03. The van der Waals surface area contributed by atoms with Crippen molar-refractivity contribution < 1.29 is 14.2 Å². The molecular weight excluding hydrogens is 422 g/mol. The van der Waals surface area contributed by atoms with Gasteiger partial charge in [0.15, 0.2) is 6.79 Å². The Labute approximate surface area is 203 Å². The summed E-state index contributed by atoms with van der Waals surface area (Å²) in [5.74, 6) is 2.38. The van der Waals surface area contributed by atoms with Gasteiger partial charge in [-0.3, -0.25) is 0 Å². The van der Waals surface area contributed by atoms with E-state index in [-0.39, 0.29) is 6.79 Å². The third kappa shape index (κ3) is 5.18. The van der Waals surface area contributed by atoms with Gasteiger partial charge in [0, 0.05) is 13.7 Å². The molecule has 0 saturated carbocycles. The predicted octanol–water partition coefficient (Wildman–Crippen LogP) is 6.96. The van der Waals surface area contributed by atoms with Crippen molar-refractivity contribution in [3.05, 3.63) is 81.9 Å². The lowest BCUT2D eigenvalue weighted by molar-refractivity contribution is 0.0511. The van der Waals surface area contributed by atoms with Crippen LogP contribution in [0.2, 0.25) is 0 Å². The fourth-order valence-corrected chi connectivity index (χ4v) is 5.15. The van der Waals surface area contributed by atoms with Gasteiger partial charge < -0.3 is 19.2 Å². The molecule has 1 unspecified atom stereocenters. The predicted molar refractivity (Wildman–Crippen MR) is 139 cm³/mol. The van der Waals surface area contributed by atoms with Crippen LogP contribution in [0.5, 0.6) is 11.5 Å². The van der Waals surface area contributed by atoms with E-state index in [0.717, 1.165) is 30.9 Å². The Balaban J connectivity index is 1.51. The number of ether oxygens (including phenoxy) is 3. The lowest BCUT2D eigenvalue weighted by atomic mass is 9.90. The molecule has 0 saturated heterocycles. The van der Waals surface area contributed by atoms with E-state index < -0.39 is 0 Å². The zero-order valence-corrected chi connectivity index (χ0v) is 20.8. The van der Waals surface area contributed by atoms with Crippen LogP contribution in [-0.4, -0.2) is 27.2 Å². The summed E-state index contributed by atoms with van der Waals surface area (Å²) < 4.78 is 17.0. The van der Waals surface area contributed by atoms with Crippen LogP contribution >= 0.6 is 0 Å². The van der Waals surface area contributed by atoms with Gasteiger partial charge in [0.05, 0.1) is 0 Å². The quantitative estimate of drug-likeness (QED) is 0.244. The van der Waals surface area contributed by atoms with Crippen LogP contribution in [0.1, 0.15) is 52.1 Å². The molecule has 0 aliphatic heterocycles. The van der Waals surface area contributed by atoms with Crippen molar-refractivity contribution in [3.8, 4) is 22.6 Å². The van der Waals surface area contributed by atoms with Crippen molar-refractivity contribution in [3.63, 3.8) is 0 Å². The van der Waals surface area contributed by atoms with E-state index in [2.05, 4.69) is 81.0 Å². The molecular formula is C30H35NO3. The molecule has 0 bridgehead atoms. The van der Waals surface area contributed by atoms with Gasteiger partial charge in [0.2, 0.25) is 0 Å². The third-order valence-electron chi connectivity index (χ3n) is 6.91. The molecule has 0 N–H and O–H groups in total. The molecule has 4 nitrogen and oxygen atoms in total. The van der Waals surface area contributed by atoms with E-state index in [4.69, 9.17) is 14.2 Å². The number of aliphatic imine (C=N–C) groups is 1. The first-order valence-electron chi connectivity index (χ1n) is 12.0. The maximum Gasteiger partial charge on any atom is 0.188 e. The van der Waals surface area contributed by atoms with Crippen molar-refractivity contribution in [1.29, 1.82) is 0 Å². The van der Waals surface area contributed by atoms with Gasteiger partial charge in [-0.1, -0.05) is 24.3 Å². The lowest BCUT2D eigenvalue weighted by Gasteiger charge is -2.18. The van der Waals surface area contributed by atoms with Gasteiger partial charge in [0.25, 0.3) is 0 Å². The van der Waals surface area contributed by atoms with Crippen LogP contribution in [0.3, 0.4) is 0 Å². The molecule has 0 fully saturated rings. The number of methoxy groups -OCH3 is 1. The third-order valence-corrected chi connectivity index (χ3v) is 6.91. The van der Waals surface area contributed by atoms with Gasteiger partial charge in [0.1, 0.15) is 18.1 Å². The molecule has 0 aromatic heterocycles. The molecule has 4 heteroatoms. The first kappa shape index (κ1) is 24.0. The van der Waals surface area contributed by atoms with Crippen LogP contribution < -0.4 is 9.47 Å². The Kier molecular flexibility index (Phi) is 7.69. The standard InChI is InChI=1S/C30H35NO3/c1-20-15-27(34-19-32-5)16-21(2)30(20)28-8-6-7-25(22(28)3)18-33-26-11-12-29-23(13-14-31-4)9-10-24(29)17-26/h6-8,11-12,15-17,23H,4,9-10,13-14,18-19H2,1-3,5H3. The van der Waals surface area contributed by atoms with Crippen molar-refractivity contribution in [2.75, 3.05) is 20.4 Å². The number of hydrogen-bond donors (Lipinski definition) is 0. The number of benzene rings is 3. The average molecular weight is 458 g/mol. The van der Waals surface area contributed by atoms with Gasteiger partial charge in [-0.15, -0.1) is 0 Å². The summed E-state index contributed by atoms with van der Waals surface area (Å²) in [6, 6.07) is 17.2. The summed E-state index contributed by atoms with van der Waals surface area (Å²) >= 11 is 0. The fraction of sp³-hybridized carbons (Fsp3) is 0.367. The Morgan fingerprint density at radius 3 is 2.50 bits per heavy atom. The molecule has 0 spiro atoms. The molecule has 178 valence electrons. The molecule has 0 radical (unpaired) electrons. The maximum atomic E-state index is 6.27. The van der Waals surface area contributed by atoms with E-state index in [1.807, 2.05) is 0 Å². The van der Waals surface area contributed by atoms with Crippen molar-refractivity contribution in [2.24, 2.45) is 4.99 Å². The van der Waals surface area contributed by atoms with Crippen LogP contribution in [-0.2, 0) is 17.8 Å². The summed E-state index contributed by atoms with van der Waals surface area (Å²) in [6.45, 7) is 11.7. The number of nitrogens with zero attached hydrogens (tertiary/aromatic N) is 1. The van der Waals surface area contributed by atoms with Crippen LogP contribution in [0.25, 0.3) is 11.1 Å². The molecule has 3 aromatic carbocycles. The Morgan fingerprint density at radius 1 is 0.971 bits per heavy atom. The summed E-state index contributed by atoms with van der Waals surface area (Å²) in [7, 11) is 1.63. The molecule has 0 heterocycles. The normalized spacial score (nSPS) is 14.6. The number of rotatable bonds is 10. The van der Waals surface area contributed by atoms with Crippen molar-refractivity contribution in [1.82, 2.24) is 0 Å². The van der Waals surface area contributed by atoms with Crippen molar-refractivity contribution in [2.45, 2.75) is 52.6 Å². The highest BCUT2D eigenvalue weighted by Crippen LogP contribution is 2.38. The van der Waals surface area contributed by atoms with Gasteiger partial charge >= 0.3 is 0 Å². The second-order valence-electron chi connectivity index (χ2n) is 9.19. The van der Waals surface area contributed by atoms with Crippen LogP contribution in [0.15, 0.2) is 53.5 Å². The lowest BCUT2D eigenvalue weighted by Crippen LogP contribution is -2.02. The highest BCUT2D eigenvalue weighted by atomic mass is 16.7. The zero-order chi connectivity index (χ0) is 24.1. The minimum Gasteiger partial charge on any atom is -0.489 e. The topological polar surface area (TPSA) is 40.0 Å². The average Bonchev–Trinajstić information content (AvgIpc) is 3.23. The van der Waals surface area contributed by atoms with Crippen LogP contribution in [0, 0.1) is 20.8 Å². The monoisotopic (exact) mass is 457 g/mol. The number of aryl methyl sites for hydroxylation is 3. The zero-order valence-electron chi connectivity index (χ0n) is 20.8. The largest absolute Gasteiger partial charge is 0.489 e. The Hall–Kier alpha value is -3.11. The molecule has 1 atom stereocenters. The van der Waals surface area contributed by atoms with Crippen molar-refractivity contribution >= 4 is 6.72 Å². The Morgan fingerprint density at radius 2 is 1.76 bits per heavy atom. The summed E-state index contributed by atoms with van der Waals surface area (Å²) in [5.41, 5.74) is 10.2. The second-order valence-corrected chi connectivity index (χ2v) is 9.19. The van der Waals surface area contributed by atoms with Gasteiger partial charge in [-0.05, 0) is 121 Å². The highest BCUT2D eigenvalue weighted by Gasteiger charge is 2.22. The minimum atomic E-state index is 0.249. The SMILES string of the molecule is C=NCCC1CCc2cc(OCc3cccc(-c4c(C)cc(OCOC)cc4C)c3C)ccc21.